The molecule has 1 aliphatic carbocycles. The number of hydrogen-bond donors (Lipinski definition) is 2. The van der Waals surface area contributed by atoms with Crippen molar-refractivity contribution >= 4 is 11.8 Å². The molecule has 5 nitrogen and oxygen atoms in total. The molecule has 5 heteroatoms. The lowest BCUT2D eigenvalue weighted by Crippen LogP contribution is -2.50. The number of amides is 2. The normalized spacial score (nSPS) is 18.3. The maximum absolute atomic E-state index is 12.0. The van der Waals surface area contributed by atoms with E-state index in [1.807, 2.05) is 13.8 Å². The van der Waals surface area contributed by atoms with Crippen LogP contribution >= 0.6 is 0 Å². The van der Waals surface area contributed by atoms with Gasteiger partial charge in [0.25, 0.3) is 0 Å². The van der Waals surface area contributed by atoms with Gasteiger partial charge in [-0.3, -0.25) is 9.59 Å². The van der Waals surface area contributed by atoms with Crippen molar-refractivity contribution in [2.75, 3.05) is 20.3 Å². The minimum atomic E-state index is -0.458. The van der Waals surface area contributed by atoms with Crippen LogP contribution in [-0.2, 0) is 14.3 Å². The third kappa shape index (κ3) is 4.29. The Labute approximate surface area is 109 Å². The van der Waals surface area contributed by atoms with Gasteiger partial charge in [0.15, 0.2) is 0 Å². The van der Waals surface area contributed by atoms with Crippen LogP contribution in [0.2, 0.25) is 0 Å². The molecule has 104 valence electrons. The molecule has 0 heterocycles. The molecule has 0 aromatic rings. The summed E-state index contributed by atoms with van der Waals surface area (Å²) >= 11 is 0. The summed E-state index contributed by atoms with van der Waals surface area (Å²) < 4.78 is 5.15. The van der Waals surface area contributed by atoms with Gasteiger partial charge in [-0.1, -0.05) is 13.8 Å². The summed E-state index contributed by atoms with van der Waals surface area (Å²) in [6.45, 7) is 6.57. The summed E-state index contributed by atoms with van der Waals surface area (Å²) in [6, 6.07) is -0.458. The average Bonchev–Trinajstić information content (AvgIpc) is 3.03. The van der Waals surface area contributed by atoms with Gasteiger partial charge in [-0.15, -0.1) is 0 Å². The smallest absolute Gasteiger partial charge is 0.242 e. The fraction of sp³-hybridized carbons (Fsp3) is 0.846. The van der Waals surface area contributed by atoms with Crippen LogP contribution in [0.4, 0.5) is 0 Å². The highest BCUT2D eigenvalue weighted by Gasteiger charge is 2.43. The van der Waals surface area contributed by atoms with Crippen LogP contribution in [0, 0.1) is 11.3 Å². The minimum absolute atomic E-state index is 0.0754. The van der Waals surface area contributed by atoms with Crippen molar-refractivity contribution in [2.45, 2.75) is 39.7 Å². The molecule has 0 radical (unpaired) electrons. The van der Waals surface area contributed by atoms with Crippen molar-refractivity contribution in [1.29, 1.82) is 0 Å². The third-order valence-electron chi connectivity index (χ3n) is 3.35. The molecule has 0 aromatic heterocycles. The first kappa shape index (κ1) is 15.0. The van der Waals surface area contributed by atoms with Crippen LogP contribution in [-0.4, -0.2) is 38.1 Å². The highest BCUT2D eigenvalue weighted by Crippen LogP contribution is 2.45. The molecule has 0 aromatic carbocycles. The van der Waals surface area contributed by atoms with Gasteiger partial charge in [-0.25, -0.2) is 0 Å². The van der Waals surface area contributed by atoms with Crippen LogP contribution in [0.1, 0.15) is 33.6 Å². The number of ether oxygens (including phenoxy) is 1. The van der Waals surface area contributed by atoms with Gasteiger partial charge in [-0.05, 0) is 18.8 Å². The lowest BCUT2D eigenvalue weighted by atomic mass is 10.0. The zero-order valence-electron chi connectivity index (χ0n) is 11.7. The Bertz CT molecular complexity index is 311. The van der Waals surface area contributed by atoms with Crippen LogP contribution in [0.3, 0.4) is 0 Å². The topological polar surface area (TPSA) is 67.4 Å². The predicted octanol–water partition coefficient (Wildman–Crippen LogP) is 0.690. The van der Waals surface area contributed by atoms with Gasteiger partial charge in [0, 0.05) is 26.0 Å². The van der Waals surface area contributed by atoms with Crippen molar-refractivity contribution in [3.05, 3.63) is 0 Å². The Kier molecular flexibility index (Phi) is 5.14. The number of hydrogen-bond acceptors (Lipinski definition) is 3. The quantitative estimate of drug-likeness (QED) is 0.704. The highest BCUT2D eigenvalue weighted by molar-refractivity contribution is 5.87. The van der Waals surface area contributed by atoms with Crippen molar-refractivity contribution in [2.24, 2.45) is 11.3 Å². The maximum Gasteiger partial charge on any atom is 0.242 e. The fourth-order valence-electron chi connectivity index (χ4n) is 1.99. The molecule has 1 saturated carbocycles. The van der Waals surface area contributed by atoms with E-state index in [1.165, 1.54) is 6.92 Å². The van der Waals surface area contributed by atoms with E-state index >= 15 is 0 Å². The Morgan fingerprint density at radius 2 is 1.94 bits per heavy atom. The number of nitrogens with one attached hydrogen (secondary N) is 2. The van der Waals surface area contributed by atoms with E-state index in [0.717, 1.165) is 12.8 Å². The minimum Gasteiger partial charge on any atom is -0.384 e. The molecular formula is C13H24N2O3. The summed E-state index contributed by atoms with van der Waals surface area (Å²) in [5, 5.41) is 5.61. The molecule has 0 bridgehead atoms. The lowest BCUT2D eigenvalue weighted by Gasteiger charge is -2.22. The SMILES string of the molecule is COCC1(CNC(=O)[C@@H](NC(C)=O)C(C)C)CC1. The summed E-state index contributed by atoms with van der Waals surface area (Å²) in [4.78, 5) is 23.1. The second-order valence-electron chi connectivity index (χ2n) is 5.57. The first-order chi connectivity index (χ1) is 8.40. The summed E-state index contributed by atoms with van der Waals surface area (Å²) in [5.41, 5.74) is 0.127. The molecule has 0 saturated heterocycles. The van der Waals surface area contributed by atoms with E-state index in [-0.39, 0.29) is 23.1 Å². The zero-order valence-corrected chi connectivity index (χ0v) is 11.7. The van der Waals surface area contributed by atoms with E-state index in [1.54, 1.807) is 7.11 Å². The largest absolute Gasteiger partial charge is 0.384 e. The van der Waals surface area contributed by atoms with Crippen molar-refractivity contribution < 1.29 is 14.3 Å². The first-order valence-corrected chi connectivity index (χ1v) is 6.44. The van der Waals surface area contributed by atoms with Gasteiger partial charge in [0.1, 0.15) is 6.04 Å². The lowest BCUT2D eigenvalue weighted by molar-refractivity contribution is -0.129. The van der Waals surface area contributed by atoms with E-state index in [0.29, 0.717) is 13.2 Å². The summed E-state index contributed by atoms with van der Waals surface area (Å²) in [6.07, 6.45) is 2.18. The Morgan fingerprint density at radius 1 is 1.33 bits per heavy atom. The number of methoxy groups -OCH3 is 1. The van der Waals surface area contributed by atoms with Crippen LogP contribution in [0.25, 0.3) is 0 Å². The molecule has 1 fully saturated rings. The fourth-order valence-corrected chi connectivity index (χ4v) is 1.99. The van der Waals surface area contributed by atoms with Crippen LogP contribution < -0.4 is 10.6 Å². The molecular weight excluding hydrogens is 232 g/mol. The van der Waals surface area contributed by atoms with Crippen molar-refractivity contribution in [3.8, 4) is 0 Å². The van der Waals surface area contributed by atoms with Crippen LogP contribution in [0.15, 0.2) is 0 Å². The van der Waals surface area contributed by atoms with Gasteiger partial charge >= 0.3 is 0 Å². The third-order valence-corrected chi connectivity index (χ3v) is 3.35. The van der Waals surface area contributed by atoms with Crippen LogP contribution in [0.5, 0.6) is 0 Å². The number of carbonyl (C=O) groups excluding carboxylic acids is 2. The Balaban J connectivity index is 2.44. The Morgan fingerprint density at radius 3 is 2.33 bits per heavy atom. The molecule has 0 aliphatic heterocycles. The van der Waals surface area contributed by atoms with E-state index < -0.39 is 6.04 Å². The second-order valence-corrected chi connectivity index (χ2v) is 5.57. The van der Waals surface area contributed by atoms with Gasteiger partial charge in [-0.2, -0.15) is 0 Å². The van der Waals surface area contributed by atoms with Crippen molar-refractivity contribution in [3.63, 3.8) is 0 Å². The molecule has 2 N–H and O–H groups in total. The Hall–Kier alpha value is -1.10. The van der Waals surface area contributed by atoms with Gasteiger partial charge in [0.05, 0.1) is 6.61 Å². The standard InChI is InChI=1S/C13H24N2O3/c1-9(2)11(15-10(3)16)12(17)14-7-13(5-6-13)8-18-4/h9,11H,5-8H2,1-4H3,(H,14,17)(H,15,16)/t11-/m0/s1. The molecule has 1 rings (SSSR count). The molecule has 1 atom stereocenters. The summed E-state index contributed by atoms with van der Waals surface area (Å²) in [5.74, 6) is -0.212. The van der Waals surface area contributed by atoms with E-state index in [2.05, 4.69) is 10.6 Å². The van der Waals surface area contributed by atoms with Crippen molar-refractivity contribution in [1.82, 2.24) is 10.6 Å². The molecule has 0 unspecified atom stereocenters. The number of carbonyl (C=O) groups is 2. The molecule has 2 amide bonds. The monoisotopic (exact) mass is 256 g/mol. The van der Waals surface area contributed by atoms with Gasteiger partial charge in [0.2, 0.25) is 11.8 Å². The average molecular weight is 256 g/mol. The molecule has 1 aliphatic rings. The van der Waals surface area contributed by atoms with E-state index in [4.69, 9.17) is 4.74 Å². The second kappa shape index (κ2) is 6.18. The first-order valence-electron chi connectivity index (χ1n) is 6.44. The number of rotatable bonds is 7. The predicted molar refractivity (Wildman–Crippen MR) is 69.0 cm³/mol. The van der Waals surface area contributed by atoms with Gasteiger partial charge < -0.3 is 15.4 Å². The highest BCUT2D eigenvalue weighted by atomic mass is 16.5. The maximum atomic E-state index is 12.0. The summed E-state index contributed by atoms with van der Waals surface area (Å²) in [7, 11) is 1.68. The molecule has 18 heavy (non-hydrogen) atoms. The van der Waals surface area contributed by atoms with E-state index in [9.17, 15) is 9.59 Å². The molecule has 0 spiro atoms. The zero-order chi connectivity index (χ0) is 13.8.